The maximum Gasteiger partial charge on any atom is 0.316 e. The highest BCUT2D eigenvalue weighted by molar-refractivity contribution is 6.62. The van der Waals surface area contributed by atoms with E-state index < -0.39 is 0 Å². The van der Waals surface area contributed by atoms with Crippen LogP contribution in [-0.4, -0.2) is 21.8 Å². The molecule has 0 radical (unpaired) electrons. The average Bonchev–Trinajstić information content (AvgIpc) is 2.18. The Balaban J connectivity index is 2.36. The molecule has 0 unspecified atom stereocenters. The van der Waals surface area contributed by atoms with Crippen molar-refractivity contribution < 1.29 is 4.79 Å². The van der Waals surface area contributed by atoms with Crippen molar-refractivity contribution in [3.8, 4) is 0 Å². The SMILES string of the molecule is C[C@@H]1c2cccnc2CCN1C(=O)Cl. The van der Waals surface area contributed by atoms with Crippen molar-refractivity contribution in [2.75, 3.05) is 6.54 Å². The zero-order valence-corrected chi connectivity index (χ0v) is 8.66. The standard InChI is InChI=1S/C10H11ClN2O/c1-7-8-3-2-5-12-9(8)4-6-13(7)10(11)14/h2-3,5,7H,4,6H2,1H3/t7-/m1/s1. The summed E-state index contributed by atoms with van der Waals surface area (Å²) in [6.45, 7) is 2.63. The van der Waals surface area contributed by atoms with Gasteiger partial charge in [0.1, 0.15) is 0 Å². The fourth-order valence-corrected chi connectivity index (χ4v) is 2.10. The van der Waals surface area contributed by atoms with Crippen LogP contribution in [0.3, 0.4) is 0 Å². The maximum absolute atomic E-state index is 11.1. The number of nitrogens with zero attached hydrogens (tertiary/aromatic N) is 2. The van der Waals surface area contributed by atoms with Gasteiger partial charge in [-0.3, -0.25) is 9.78 Å². The smallest absolute Gasteiger partial charge is 0.316 e. The first-order chi connectivity index (χ1) is 6.70. The summed E-state index contributed by atoms with van der Waals surface area (Å²) < 4.78 is 0. The van der Waals surface area contributed by atoms with Crippen LogP contribution in [0, 0.1) is 0 Å². The zero-order valence-electron chi connectivity index (χ0n) is 7.90. The van der Waals surface area contributed by atoms with Gasteiger partial charge < -0.3 is 4.90 Å². The molecule has 0 spiro atoms. The van der Waals surface area contributed by atoms with Gasteiger partial charge in [-0.15, -0.1) is 0 Å². The first-order valence-electron chi connectivity index (χ1n) is 4.60. The molecule has 1 amide bonds. The van der Waals surface area contributed by atoms with Crippen molar-refractivity contribution in [3.63, 3.8) is 0 Å². The number of aromatic nitrogens is 1. The molecule has 0 bridgehead atoms. The van der Waals surface area contributed by atoms with Crippen LogP contribution < -0.4 is 0 Å². The Morgan fingerprint density at radius 1 is 1.71 bits per heavy atom. The molecule has 14 heavy (non-hydrogen) atoms. The Labute approximate surface area is 87.7 Å². The normalized spacial score (nSPS) is 20.4. The van der Waals surface area contributed by atoms with E-state index in [-0.39, 0.29) is 11.4 Å². The fraction of sp³-hybridized carbons (Fsp3) is 0.400. The Kier molecular flexibility index (Phi) is 2.42. The van der Waals surface area contributed by atoms with Crippen LogP contribution in [0.25, 0.3) is 0 Å². The van der Waals surface area contributed by atoms with Crippen LogP contribution in [-0.2, 0) is 6.42 Å². The Morgan fingerprint density at radius 3 is 3.21 bits per heavy atom. The molecular formula is C10H11ClN2O. The third-order valence-corrected chi connectivity index (χ3v) is 2.88. The first-order valence-corrected chi connectivity index (χ1v) is 4.98. The lowest BCUT2D eigenvalue weighted by Crippen LogP contribution is -2.36. The number of carbonyl (C=O) groups is 1. The molecule has 0 saturated heterocycles. The molecule has 2 rings (SSSR count). The highest BCUT2D eigenvalue weighted by atomic mass is 35.5. The molecule has 3 nitrogen and oxygen atoms in total. The van der Waals surface area contributed by atoms with Crippen LogP contribution in [0.15, 0.2) is 18.3 Å². The molecule has 0 N–H and O–H groups in total. The zero-order chi connectivity index (χ0) is 10.1. The molecule has 74 valence electrons. The second-order valence-corrected chi connectivity index (χ2v) is 3.73. The van der Waals surface area contributed by atoms with E-state index >= 15 is 0 Å². The Morgan fingerprint density at radius 2 is 2.50 bits per heavy atom. The molecule has 2 heterocycles. The van der Waals surface area contributed by atoms with Gasteiger partial charge in [-0.05, 0) is 30.2 Å². The van der Waals surface area contributed by atoms with Crippen molar-refractivity contribution >= 4 is 17.0 Å². The number of pyridine rings is 1. The van der Waals surface area contributed by atoms with Gasteiger partial charge in [0.25, 0.3) is 0 Å². The first kappa shape index (κ1) is 9.46. The quantitative estimate of drug-likeness (QED) is 0.487. The van der Waals surface area contributed by atoms with Crippen molar-refractivity contribution in [1.82, 2.24) is 9.88 Å². The molecule has 1 atom stereocenters. The molecule has 1 aliphatic rings. The Hall–Kier alpha value is -1.09. The van der Waals surface area contributed by atoms with Crippen LogP contribution in [0.1, 0.15) is 24.2 Å². The molecule has 0 fully saturated rings. The minimum Gasteiger partial charge on any atom is -0.322 e. The van der Waals surface area contributed by atoms with E-state index in [0.717, 1.165) is 17.7 Å². The summed E-state index contributed by atoms with van der Waals surface area (Å²) in [5.41, 5.74) is 2.18. The minimum absolute atomic E-state index is 0.0393. The number of rotatable bonds is 0. The lowest BCUT2D eigenvalue weighted by Gasteiger charge is -2.32. The van der Waals surface area contributed by atoms with Crippen molar-refractivity contribution in [3.05, 3.63) is 29.6 Å². The van der Waals surface area contributed by atoms with Crippen LogP contribution in [0.5, 0.6) is 0 Å². The second kappa shape index (κ2) is 3.58. The van der Waals surface area contributed by atoms with E-state index in [1.807, 2.05) is 19.1 Å². The summed E-state index contributed by atoms with van der Waals surface area (Å²) in [6.07, 6.45) is 2.57. The molecule has 4 heteroatoms. The molecular weight excluding hydrogens is 200 g/mol. The molecule has 0 saturated carbocycles. The fourth-order valence-electron chi connectivity index (χ4n) is 1.87. The predicted octanol–water partition coefficient (Wildman–Crippen LogP) is 2.36. The lowest BCUT2D eigenvalue weighted by molar-refractivity contribution is 0.198. The van der Waals surface area contributed by atoms with E-state index in [1.54, 1.807) is 11.1 Å². The summed E-state index contributed by atoms with van der Waals surface area (Å²) in [4.78, 5) is 17.0. The van der Waals surface area contributed by atoms with Gasteiger partial charge in [-0.25, -0.2) is 0 Å². The maximum atomic E-state index is 11.1. The molecule has 0 aliphatic carbocycles. The third kappa shape index (κ3) is 1.48. The largest absolute Gasteiger partial charge is 0.322 e. The van der Waals surface area contributed by atoms with Crippen LogP contribution >= 0.6 is 11.6 Å². The van der Waals surface area contributed by atoms with Crippen LogP contribution in [0.4, 0.5) is 4.79 Å². The summed E-state index contributed by atoms with van der Waals surface area (Å²) in [7, 11) is 0. The molecule has 1 aliphatic heterocycles. The van der Waals surface area contributed by atoms with Gasteiger partial charge in [0.2, 0.25) is 0 Å². The van der Waals surface area contributed by atoms with Gasteiger partial charge in [-0.2, -0.15) is 0 Å². The van der Waals surface area contributed by atoms with Crippen molar-refractivity contribution in [1.29, 1.82) is 0 Å². The van der Waals surface area contributed by atoms with Crippen molar-refractivity contribution in [2.24, 2.45) is 0 Å². The van der Waals surface area contributed by atoms with E-state index in [9.17, 15) is 4.79 Å². The summed E-state index contributed by atoms with van der Waals surface area (Å²) in [5, 5.41) is -0.382. The van der Waals surface area contributed by atoms with Gasteiger partial charge in [0.15, 0.2) is 0 Å². The minimum atomic E-state index is -0.382. The van der Waals surface area contributed by atoms with E-state index in [0.29, 0.717) is 6.54 Å². The lowest BCUT2D eigenvalue weighted by atomic mass is 9.99. The monoisotopic (exact) mass is 210 g/mol. The summed E-state index contributed by atoms with van der Waals surface area (Å²) in [5.74, 6) is 0. The van der Waals surface area contributed by atoms with Gasteiger partial charge in [0.05, 0.1) is 6.04 Å². The summed E-state index contributed by atoms with van der Waals surface area (Å²) >= 11 is 5.48. The van der Waals surface area contributed by atoms with Gasteiger partial charge in [-0.1, -0.05) is 6.07 Å². The molecule has 1 aromatic heterocycles. The van der Waals surface area contributed by atoms with Crippen molar-refractivity contribution in [2.45, 2.75) is 19.4 Å². The number of hydrogen-bond acceptors (Lipinski definition) is 2. The molecule has 0 aromatic carbocycles. The topological polar surface area (TPSA) is 33.2 Å². The van der Waals surface area contributed by atoms with Gasteiger partial charge >= 0.3 is 5.37 Å². The highest BCUT2D eigenvalue weighted by Gasteiger charge is 2.26. The number of amides is 1. The summed E-state index contributed by atoms with van der Waals surface area (Å²) in [6, 6.07) is 3.92. The number of hydrogen-bond donors (Lipinski definition) is 0. The second-order valence-electron chi connectivity index (χ2n) is 3.41. The van der Waals surface area contributed by atoms with E-state index in [2.05, 4.69) is 4.98 Å². The average molecular weight is 211 g/mol. The van der Waals surface area contributed by atoms with Gasteiger partial charge in [0, 0.05) is 24.9 Å². The Bertz CT molecular complexity index is 367. The number of fused-ring (bicyclic) bond motifs is 1. The highest BCUT2D eigenvalue weighted by Crippen LogP contribution is 2.28. The van der Waals surface area contributed by atoms with E-state index in [1.165, 1.54) is 0 Å². The van der Waals surface area contributed by atoms with E-state index in [4.69, 9.17) is 11.6 Å². The predicted molar refractivity (Wildman–Crippen MR) is 54.3 cm³/mol. The number of halogens is 1. The number of carbonyl (C=O) groups excluding carboxylic acids is 1. The third-order valence-electron chi connectivity index (χ3n) is 2.66. The van der Waals surface area contributed by atoms with Crippen LogP contribution in [0.2, 0.25) is 0 Å². The molecule has 1 aromatic rings.